The van der Waals surface area contributed by atoms with Crippen molar-refractivity contribution < 1.29 is 9.90 Å². The molecule has 0 radical (unpaired) electrons. The molecular weight excluding hydrogens is 156 g/mol. The third kappa shape index (κ3) is 0.913. The fourth-order valence-electron chi connectivity index (χ4n) is 1.74. The Hall–Kier alpha value is -1.32. The number of nitrogens with one attached hydrogen (secondary N) is 1. The summed E-state index contributed by atoms with van der Waals surface area (Å²) in [7, 11) is 0. The van der Waals surface area contributed by atoms with Crippen LogP contribution in [0.1, 0.15) is 28.7 Å². The lowest BCUT2D eigenvalue weighted by molar-refractivity contribution is 0.0689. The van der Waals surface area contributed by atoms with Crippen molar-refractivity contribution >= 4 is 5.97 Å². The van der Waals surface area contributed by atoms with Gasteiger partial charge in [-0.15, -0.1) is 0 Å². The summed E-state index contributed by atoms with van der Waals surface area (Å²) >= 11 is 0. The maximum Gasteiger partial charge on any atom is 0.356 e. The molecule has 12 heavy (non-hydrogen) atoms. The van der Waals surface area contributed by atoms with E-state index in [-0.39, 0.29) is 5.69 Å². The Morgan fingerprint density at radius 2 is 2.42 bits per heavy atom. The smallest absolute Gasteiger partial charge is 0.356 e. The lowest BCUT2D eigenvalue weighted by Gasteiger charge is -1.96. The largest absolute Gasteiger partial charge is 0.476 e. The summed E-state index contributed by atoms with van der Waals surface area (Å²) in [4.78, 5) is 10.6. The van der Waals surface area contributed by atoms with Crippen molar-refractivity contribution in [3.63, 3.8) is 0 Å². The van der Waals surface area contributed by atoms with Gasteiger partial charge >= 0.3 is 5.97 Å². The second-order valence-corrected chi connectivity index (χ2v) is 3.35. The summed E-state index contributed by atoms with van der Waals surface area (Å²) in [5, 5.41) is 15.3. The number of hydrogen-bond donors (Lipinski definition) is 2. The van der Waals surface area contributed by atoms with Crippen LogP contribution in [0.2, 0.25) is 0 Å². The monoisotopic (exact) mass is 166 g/mol. The predicted octanol–water partition coefficient (Wildman–Crippen LogP) is 0.843. The van der Waals surface area contributed by atoms with Gasteiger partial charge in [0.1, 0.15) is 0 Å². The topological polar surface area (TPSA) is 66.0 Å². The van der Waals surface area contributed by atoms with E-state index < -0.39 is 5.97 Å². The van der Waals surface area contributed by atoms with Crippen LogP contribution < -0.4 is 0 Å². The first-order valence-electron chi connectivity index (χ1n) is 3.98. The molecule has 0 saturated carbocycles. The highest BCUT2D eigenvalue weighted by Crippen LogP contribution is 2.26. The average Bonchev–Trinajstić information content (AvgIpc) is 2.43. The van der Waals surface area contributed by atoms with Gasteiger partial charge in [-0.3, -0.25) is 5.10 Å². The van der Waals surface area contributed by atoms with E-state index in [1.54, 1.807) is 0 Å². The summed E-state index contributed by atoms with van der Waals surface area (Å²) in [6.45, 7) is 2.11. The molecule has 0 fully saturated rings. The summed E-state index contributed by atoms with van der Waals surface area (Å²) in [6, 6.07) is 0. The van der Waals surface area contributed by atoms with Gasteiger partial charge in [0.2, 0.25) is 0 Å². The molecular formula is C8H10N2O2. The van der Waals surface area contributed by atoms with E-state index in [0.29, 0.717) is 5.92 Å². The summed E-state index contributed by atoms with van der Waals surface area (Å²) < 4.78 is 0. The van der Waals surface area contributed by atoms with Gasteiger partial charge in [-0.2, -0.15) is 5.10 Å². The molecule has 1 atom stereocenters. The second kappa shape index (κ2) is 2.33. The zero-order valence-corrected chi connectivity index (χ0v) is 6.79. The minimum Gasteiger partial charge on any atom is -0.476 e. The van der Waals surface area contributed by atoms with Crippen molar-refractivity contribution in [3.05, 3.63) is 17.0 Å². The Labute approximate surface area is 69.6 Å². The normalized spacial score (nSPS) is 20.9. The first-order chi connectivity index (χ1) is 5.68. The number of aromatic amines is 1. The van der Waals surface area contributed by atoms with Gasteiger partial charge in [-0.05, 0) is 18.8 Å². The molecule has 2 rings (SSSR count). The van der Waals surface area contributed by atoms with Gasteiger partial charge in [0.15, 0.2) is 5.69 Å². The molecule has 0 saturated heterocycles. The molecule has 1 heterocycles. The first kappa shape index (κ1) is 7.34. The van der Waals surface area contributed by atoms with Crippen molar-refractivity contribution in [3.8, 4) is 0 Å². The maximum absolute atomic E-state index is 10.6. The van der Waals surface area contributed by atoms with E-state index in [2.05, 4.69) is 17.1 Å². The molecule has 0 amide bonds. The first-order valence-corrected chi connectivity index (χ1v) is 3.98. The quantitative estimate of drug-likeness (QED) is 0.649. The molecule has 4 nitrogen and oxygen atoms in total. The Morgan fingerprint density at radius 1 is 1.67 bits per heavy atom. The number of carbonyl (C=O) groups is 1. The standard InChI is InChI=1S/C8H10N2O2/c1-4-2-5-6(3-4)9-10-7(5)8(11)12/h4H,2-3H2,1H3,(H,9,10)(H,11,12). The molecule has 0 aromatic carbocycles. The van der Waals surface area contributed by atoms with Crippen molar-refractivity contribution in [1.29, 1.82) is 0 Å². The van der Waals surface area contributed by atoms with Crippen LogP contribution in [0.15, 0.2) is 0 Å². The minimum absolute atomic E-state index is 0.203. The highest BCUT2D eigenvalue weighted by atomic mass is 16.4. The Morgan fingerprint density at radius 3 is 3.08 bits per heavy atom. The predicted molar refractivity (Wildman–Crippen MR) is 42.1 cm³/mol. The van der Waals surface area contributed by atoms with E-state index in [0.717, 1.165) is 24.1 Å². The number of aromatic nitrogens is 2. The molecule has 0 aliphatic heterocycles. The fraction of sp³-hybridized carbons (Fsp3) is 0.500. The molecule has 0 spiro atoms. The Bertz CT molecular complexity index is 330. The highest BCUT2D eigenvalue weighted by Gasteiger charge is 2.26. The maximum atomic E-state index is 10.6. The molecule has 1 aromatic rings. The number of carboxylic acid groups (broad SMARTS) is 1. The number of fused-ring (bicyclic) bond motifs is 1. The molecule has 2 N–H and O–H groups in total. The third-order valence-corrected chi connectivity index (χ3v) is 2.26. The number of aromatic carboxylic acids is 1. The van der Waals surface area contributed by atoms with Crippen LogP contribution in [0.3, 0.4) is 0 Å². The molecule has 0 bridgehead atoms. The molecule has 64 valence electrons. The van der Waals surface area contributed by atoms with Crippen LogP contribution in [-0.4, -0.2) is 21.3 Å². The van der Waals surface area contributed by atoms with Gasteiger partial charge < -0.3 is 5.11 Å². The van der Waals surface area contributed by atoms with Crippen molar-refractivity contribution in [1.82, 2.24) is 10.2 Å². The van der Waals surface area contributed by atoms with E-state index in [1.807, 2.05) is 0 Å². The Kier molecular flexibility index (Phi) is 1.43. The summed E-state index contributed by atoms with van der Waals surface area (Å²) in [5.74, 6) is -0.381. The SMILES string of the molecule is CC1Cc2[nH]nc(C(=O)O)c2C1. The molecule has 4 heteroatoms. The van der Waals surface area contributed by atoms with Crippen LogP contribution in [0, 0.1) is 5.92 Å². The van der Waals surface area contributed by atoms with E-state index in [9.17, 15) is 4.79 Å². The lowest BCUT2D eigenvalue weighted by Crippen LogP contribution is -2.02. The van der Waals surface area contributed by atoms with Crippen molar-refractivity contribution in [2.45, 2.75) is 19.8 Å². The second-order valence-electron chi connectivity index (χ2n) is 3.35. The van der Waals surface area contributed by atoms with Gasteiger partial charge in [0, 0.05) is 11.3 Å². The molecule has 1 aliphatic rings. The number of rotatable bonds is 1. The van der Waals surface area contributed by atoms with Crippen LogP contribution in [-0.2, 0) is 12.8 Å². The zero-order chi connectivity index (χ0) is 8.72. The number of H-pyrrole nitrogens is 1. The summed E-state index contributed by atoms with van der Waals surface area (Å²) in [6.07, 6.45) is 1.77. The minimum atomic E-state index is -0.929. The third-order valence-electron chi connectivity index (χ3n) is 2.26. The van der Waals surface area contributed by atoms with Gasteiger partial charge in [0.25, 0.3) is 0 Å². The van der Waals surface area contributed by atoms with Crippen molar-refractivity contribution in [2.75, 3.05) is 0 Å². The summed E-state index contributed by atoms with van der Waals surface area (Å²) in [5.41, 5.74) is 2.10. The van der Waals surface area contributed by atoms with Crippen molar-refractivity contribution in [2.24, 2.45) is 5.92 Å². The average molecular weight is 166 g/mol. The fourth-order valence-corrected chi connectivity index (χ4v) is 1.74. The molecule has 1 unspecified atom stereocenters. The number of hydrogen-bond acceptors (Lipinski definition) is 2. The number of nitrogens with zero attached hydrogens (tertiary/aromatic N) is 1. The van der Waals surface area contributed by atoms with E-state index >= 15 is 0 Å². The number of carboxylic acids is 1. The zero-order valence-electron chi connectivity index (χ0n) is 6.79. The van der Waals surface area contributed by atoms with Crippen LogP contribution in [0.4, 0.5) is 0 Å². The van der Waals surface area contributed by atoms with E-state index in [1.165, 1.54) is 0 Å². The van der Waals surface area contributed by atoms with Crippen LogP contribution >= 0.6 is 0 Å². The van der Waals surface area contributed by atoms with Crippen LogP contribution in [0.5, 0.6) is 0 Å². The molecule has 1 aliphatic carbocycles. The van der Waals surface area contributed by atoms with Crippen LogP contribution in [0.25, 0.3) is 0 Å². The molecule has 1 aromatic heterocycles. The van der Waals surface area contributed by atoms with E-state index in [4.69, 9.17) is 5.11 Å². The lowest BCUT2D eigenvalue weighted by atomic mass is 10.1. The highest BCUT2D eigenvalue weighted by molar-refractivity contribution is 5.87. The Balaban J connectivity index is 2.43. The van der Waals surface area contributed by atoms with Gasteiger partial charge in [-0.1, -0.05) is 6.92 Å². The van der Waals surface area contributed by atoms with Gasteiger partial charge in [-0.25, -0.2) is 4.79 Å². The van der Waals surface area contributed by atoms with Gasteiger partial charge in [0.05, 0.1) is 0 Å².